The van der Waals surface area contributed by atoms with Crippen molar-refractivity contribution < 1.29 is 51.3 Å². The van der Waals surface area contributed by atoms with Crippen LogP contribution in [0.5, 0.6) is 0 Å². The van der Waals surface area contributed by atoms with Crippen molar-refractivity contribution >= 4 is 37.5 Å². The Hall–Kier alpha value is -0.622. The number of hydrogen-bond acceptors (Lipinski definition) is 1. The first kappa shape index (κ1) is 26.4. The molecule has 0 spiro atoms. The molecule has 0 saturated carbocycles. The molecular weight excluding hydrogens is 469 g/mol. The van der Waals surface area contributed by atoms with Gasteiger partial charge in [-0.3, -0.25) is 0 Å². The number of hydrogen-bond donors (Lipinski definition) is 0. The Labute approximate surface area is 203 Å². The molecule has 0 unspecified atom stereocenters. The smallest absolute Gasteiger partial charge is 1.00 e. The van der Waals surface area contributed by atoms with E-state index in [-0.39, 0.29) is 46.5 Å². The molecule has 1 radical (unpaired) electrons. The number of carbonyl (C=O) groups is 1. The predicted octanol–water partition coefficient (Wildman–Crippen LogP) is -1.26. The third-order valence-electron chi connectivity index (χ3n) is 7.03. The summed E-state index contributed by atoms with van der Waals surface area (Å²) in [7, 11) is -3.03. The monoisotopic (exact) mass is 494 g/mol. The Morgan fingerprint density at radius 3 is 2.24 bits per heavy atom. The fraction of sp³-hybridized carbons (Fsp3) is 0.318. The maximum atomic E-state index is 12.1. The van der Waals surface area contributed by atoms with Gasteiger partial charge in [-0.05, 0) is 48.1 Å². The average Bonchev–Trinajstić information content (AvgIpc) is 2.94. The molecule has 1 heterocycles. The number of amides is 1. The topological polar surface area (TPSA) is 40.9 Å². The first-order valence-electron chi connectivity index (χ1n) is 9.31. The second kappa shape index (κ2) is 8.49. The molecule has 2 aromatic carbocycles. The molecule has 1 N–H and O–H groups in total. The minimum Gasteiger partial charge on any atom is -1.00 e. The Morgan fingerprint density at radius 2 is 1.66 bits per heavy atom. The zero-order valence-corrected chi connectivity index (χ0v) is 22.8. The summed E-state index contributed by atoms with van der Waals surface area (Å²) in [5, 5.41) is 2.97. The molecule has 0 fully saturated rings. The summed E-state index contributed by atoms with van der Waals surface area (Å²) in [6.45, 7) is 14.1. The Bertz CT molecular complexity index is 1030. The van der Waals surface area contributed by atoms with Gasteiger partial charge in [0.05, 0.1) is 21.1 Å². The van der Waals surface area contributed by atoms with Crippen LogP contribution in [0.25, 0.3) is 22.9 Å². The quantitative estimate of drug-likeness (QED) is 0.480. The number of halogens is 2. The minimum absolute atomic E-state index is 0. The van der Waals surface area contributed by atoms with E-state index in [0.717, 1.165) is 12.0 Å². The van der Waals surface area contributed by atoms with Gasteiger partial charge in [0, 0.05) is 5.56 Å². The van der Waals surface area contributed by atoms with Crippen LogP contribution >= 0.6 is 0 Å². The summed E-state index contributed by atoms with van der Waals surface area (Å²) < 4.78 is 0. The summed E-state index contributed by atoms with van der Waals surface area (Å²) in [6, 6.07) is 8.63. The van der Waals surface area contributed by atoms with Crippen LogP contribution in [-0.4, -0.2) is 21.1 Å². The molecule has 7 heteroatoms. The summed E-state index contributed by atoms with van der Waals surface area (Å²) in [5.41, 5.74) is 16.1. The molecular formula is C22H26Cl2NOSi2Ti. The van der Waals surface area contributed by atoms with Crippen molar-refractivity contribution in [2.24, 2.45) is 0 Å². The third kappa shape index (κ3) is 3.56. The fourth-order valence-electron chi connectivity index (χ4n) is 4.85. The molecule has 1 amide bonds. The van der Waals surface area contributed by atoms with Crippen LogP contribution in [0, 0.1) is 6.92 Å². The van der Waals surface area contributed by atoms with E-state index in [1.54, 1.807) is 5.19 Å². The van der Waals surface area contributed by atoms with Gasteiger partial charge >= 0.3 is 21.7 Å². The number of fused-ring (bicyclic) bond motifs is 2. The van der Waals surface area contributed by atoms with Gasteiger partial charge in [0.1, 0.15) is 0 Å². The normalized spacial score (nSPS) is 16.7. The van der Waals surface area contributed by atoms with Gasteiger partial charge in [0.25, 0.3) is 0 Å². The Morgan fingerprint density at radius 1 is 1.03 bits per heavy atom. The van der Waals surface area contributed by atoms with Crippen molar-refractivity contribution in [1.82, 2.24) is 0 Å². The van der Waals surface area contributed by atoms with Crippen LogP contribution in [-0.2, 0) is 28.1 Å². The van der Waals surface area contributed by atoms with Gasteiger partial charge in [-0.15, -0.1) is 0 Å². The van der Waals surface area contributed by atoms with E-state index in [1.165, 1.54) is 33.0 Å². The Kier molecular flexibility index (Phi) is 7.73. The number of benzene rings is 2. The largest absolute Gasteiger partial charge is 3.00 e. The second-order valence-corrected chi connectivity index (χ2v) is 24.0. The SMILES string of the molecule is CC1=Cc2cccc(-c3c(C)c(C([NH-])=O)cc4c3[Si](C)(C)[Si]4(C)C)c2C1.[Cl-].[Cl-].[Ti+3]. The molecule has 2 aliphatic rings. The maximum absolute atomic E-state index is 12.1. The van der Waals surface area contributed by atoms with E-state index in [4.69, 9.17) is 5.73 Å². The van der Waals surface area contributed by atoms with Gasteiger partial charge in [-0.25, -0.2) is 0 Å². The zero-order chi connectivity index (χ0) is 19.0. The van der Waals surface area contributed by atoms with Crippen LogP contribution in [0.1, 0.15) is 34.0 Å². The molecule has 1 aliphatic heterocycles. The van der Waals surface area contributed by atoms with Gasteiger partial charge in [0.15, 0.2) is 0 Å². The molecule has 1 aliphatic carbocycles. The van der Waals surface area contributed by atoms with E-state index in [0.29, 0.717) is 5.56 Å². The predicted molar refractivity (Wildman–Crippen MR) is 117 cm³/mol. The zero-order valence-electron chi connectivity index (χ0n) is 17.8. The average molecular weight is 495 g/mol. The van der Waals surface area contributed by atoms with E-state index < -0.39 is 21.1 Å². The van der Waals surface area contributed by atoms with E-state index in [1.807, 2.05) is 6.92 Å². The first-order chi connectivity index (χ1) is 12.1. The van der Waals surface area contributed by atoms with Gasteiger partial charge in [-0.2, -0.15) is 0 Å². The summed E-state index contributed by atoms with van der Waals surface area (Å²) in [5.74, 6) is -0.551. The molecule has 0 bridgehead atoms. The Balaban J connectivity index is 0.00000140. The van der Waals surface area contributed by atoms with Crippen molar-refractivity contribution in [3.05, 3.63) is 57.8 Å². The number of rotatable bonds is 2. The molecule has 0 atom stereocenters. The molecule has 2 nitrogen and oxygen atoms in total. The third-order valence-corrected chi connectivity index (χ3v) is 24.8. The van der Waals surface area contributed by atoms with Crippen LogP contribution in [0.15, 0.2) is 29.8 Å². The van der Waals surface area contributed by atoms with E-state index >= 15 is 0 Å². The summed E-state index contributed by atoms with van der Waals surface area (Å²) >= 11 is 0. The van der Waals surface area contributed by atoms with E-state index in [9.17, 15) is 4.79 Å². The first-order valence-corrected chi connectivity index (χ1v) is 16.3. The summed E-state index contributed by atoms with van der Waals surface area (Å²) in [6.07, 6.45) is 3.27. The number of carbonyl (C=O) groups excluding carboxylic acids is 1. The van der Waals surface area contributed by atoms with Crippen molar-refractivity contribution in [3.8, 4) is 11.1 Å². The minimum atomic E-state index is -1.52. The van der Waals surface area contributed by atoms with E-state index in [2.05, 4.69) is 63.5 Å². The molecule has 2 aromatic rings. The molecule has 4 rings (SSSR count). The van der Waals surface area contributed by atoms with Crippen LogP contribution in [0.2, 0.25) is 26.2 Å². The number of nitrogens with one attached hydrogen (secondary N) is 1. The van der Waals surface area contributed by atoms with Crippen molar-refractivity contribution in [2.75, 3.05) is 0 Å². The maximum Gasteiger partial charge on any atom is 3.00 e. The van der Waals surface area contributed by atoms with Crippen LogP contribution in [0.4, 0.5) is 0 Å². The number of allylic oxidation sites excluding steroid dienone is 1. The molecule has 0 aromatic heterocycles. The van der Waals surface area contributed by atoms with Crippen molar-refractivity contribution in [3.63, 3.8) is 0 Å². The summed E-state index contributed by atoms with van der Waals surface area (Å²) in [4.78, 5) is 12.1. The fourth-order valence-corrected chi connectivity index (χ4v) is 15.4. The molecule has 29 heavy (non-hydrogen) atoms. The van der Waals surface area contributed by atoms with Gasteiger partial charge in [0.2, 0.25) is 0 Å². The van der Waals surface area contributed by atoms with Crippen LogP contribution < -0.4 is 35.2 Å². The van der Waals surface area contributed by atoms with Gasteiger partial charge < -0.3 is 35.3 Å². The van der Waals surface area contributed by atoms with Gasteiger partial charge in [-0.1, -0.05) is 72.5 Å². The molecule has 151 valence electrons. The standard InChI is InChI=1S/C22H27NOSi2.2ClH.Ti/c1-13-10-15-8-7-9-16(18(15)11-13)20-14(2)17(22(23)24)12-19-21(20)26(5,6)25(19,3)4;;;/h7-10,12H,11H2,1-6H3,(H2,23,24);2*1H;/q;;;+3/p-3. The van der Waals surface area contributed by atoms with Crippen molar-refractivity contribution in [2.45, 2.75) is 46.5 Å². The van der Waals surface area contributed by atoms with Crippen molar-refractivity contribution in [1.29, 1.82) is 0 Å². The second-order valence-electron chi connectivity index (χ2n) is 8.97. The molecule has 0 saturated heterocycles. The van der Waals surface area contributed by atoms with Crippen LogP contribution in [0.3, 0.4) is 0 Å².